The van der Waals surface area contributed by atoms with E-state index >= 15 is 0 Å². The van der Waals surface area contributed by atoms with Crippen LogP contribution in [0.2, 0.25) is 0 Å². The van der Waals surface area contributed by atoms with E-state index in [9.17, 15) is 9.59 Å². The number of esters is 1. The third kappa shape index (κ3) is 2.37. The lowest BCUT2D eigenvalue weighted by atomic mass is 9.80. The fourth-order valence-corrected chi connectivity index (χ4v) is 2.45. The number of carbonyl (C=O) groups is 2. The predicted molar refractivity (Wildman–Crippen MR) is 66.9 cm³/mol. The first-order valence-electron chi connectivity index (χ1n) is 6.00. The molecule has 4 heteroatoms. The van der Waals surface area contributed by atoms with Gasteiger partial charge in [-0.15, -0.1) is 0 Å². The molecule has 0 aromatic heterocycles. The molecule has 2 unspecified atom stereocenters. The number of ether oxygens (including phenoxy) is 1. The number of nitrogens with zero attached hydrogens (tertiary/aromatic N) is 1. The lowest BCUT2D eigenvalue weighted by Gasteiger charge is -2.34. The molecule has 18 heavy (non-hydrogen) atoms. The number of likely N-dealkylation sites (tertiary alicyclic amines) is 1. The summed E-state index contributed by atoms with van der Waals surface area (Å²) in [5, 5.41) is 0. The zero-order valence-electron chi connectivity index (χ0n) is 10.6. The summed E-state index contributed by atoms with van der Waals surface area (Å²) >= 11 is 0. The molecule has 0 aliphatic carbocycles. The Kier molecular flexibility index (Phi) is 3.65. The van der Waals surface area contributed by atoms with Crippen molar-refractivity contribution in [2.75, 3.05) is 20.7 Å². The van der Waals surface area contributed by atoms with Crippen LogP contribution in [0.1, 0.15) is 17.9 Å². The molecule has 0 spiro atoms. The van der Waals surface area contributed by atoms with E-state index in [2.05, 4.69) is 0 Å². The highest BCUT2D eigenvalue weighted by Gasteiger charge is 2.38. The highest BCUT2D eigenvalue weighted by Crippen LogP contribution is 2.33. The molecule has 2 atom stereocenters. The van der Waals surface area contributed by atoms with Crippen molar-refractivity contribution < 1.29 is 14.3 Å². The Balaban J connectivity index is 2.29. The number of amides is 1. The van der Waals surface area contributed by atoms with Crippen LogP contribution in [-0.4, -0.2) is 37.5 Å². The smallest absolute Gasteiger partial charge is 0.311 e. The second kappa shape index (κ2) is 5.21. The average Bonchev–Trinajstić information content (AvgIpc) is 2.41. The van der Waals surface area contributed by atoms with Crippen molar-refractivity contribution in [1.82, 2.24) is 4.90 Å². The maximum absolute atomic E-state index is 11.8. The molecule has 1 fully saturated rings. The first-order chi connectivity index (χ1) is 8.63. The molecule has 1 amide bonds. The number of carbonyl (C=O) groups excluding carboxylic acids is 2. The van der Waals surface area contributed by atoms with Gasteiger partial charge in [0, 0.05) is 25.9 Å². The Morgan fingerprint density at radius 3 is 2.61 bits per heavy atom. The van der Waals surface area contributed by atoms with Gasteiger partial charge < -0.3 is 9.64 Å². The summed E-state index contributed by atoms with van der Waals surface area (Å²) in [6, 6.07) is 9.69. The van der Waals surface area contributed by atoms with Crippen LogP contribution in [0.5, 0.6) is 0 Å². The van der Waals surface area contributed by atoms with Crippen LogP contribution in [0.3, 0.4) is 0 Å². The fraction of sp³-hybridized carbons (Fsp3) is 0.429. The Morgan fingerprint density at radius 1 is 1.33 bits per heavy atom. The number of piperidine rings is 1. The molecular weight excluding hydrogens is 230 g/mol. The molecular formula is C14H17NO3. The molecule has 1 aromatic rings. The largest absolute Gasteiger partial charge is 0.469 e. The van der Waals surface area contributed by atoms with Crippen molar-refractivity contribution in [3.63, 3.8) is 0 Å². The van der Waals surface area contributed by atoms with E-state index < -0.39 is 0 Å². The summed E-state index contributed by atoms with van der Waals surface area (Å²) in [5.41, 5.74) is 1.02. The third-order valence-electron chi connectivity index (χ3n) is 3.51. The van der Waals surface area contributed by atoms with Gasteiger partial charge in [0.15, 0.2) is 0 Å². The van der Waals surface area contributed by atoms with Gasteiger partial charge in [-0.05, 0) is 5.56 Å². The Hall–Kier alpha value is -1.84. The first kappa shape index (κ1) is 12.6. The molecule has 4 nitrogen and oxygen atoms in total. The zero-order chi connectivity index (χ0) is 13.1. The van der Waals surface area contributed by atoms with Gasteiger partial charge in [0.1, 0.15) is 0 Å². The predicted octanol–water partition coefficient (Wildman–Crippen LogP) is 1.42. The van der Waals surface area contributed by atoms with Gasteiger partial charge in [-0.1, -0.05) is 30.3 Å². The van der Waals surface area contributed by atoms with Crippen LogP contribution in [0.15, 0.2) is 30.3 Å². The first-order valence-corrected chi connectivity index (χ1v) is 6.00. The van der Waals surface area contributed by atoms with Crippen molar-refractivity contribution in [1.29, 1.82) is 0 Å². The molecule has 2 rings (SSSR count). The minimum atomic E-state index is -0.278. The van der Waals surface area contributed by atoms with Crippen LogP contribution >= 0.6 is 0 Å². The monoisotopic (exact) mass is 247 g/mol. The summed E-state index contributed by atoms with van der Waals surface area (Å²) in [7, 11) is 3.11. The van der Waals surface area contributed by atoms with Crippen molar-refractivity contribution in [3.05, 3.63) is 35.9 Å². The van der Waals surface area contributed by atoms with Gasteiger partial charge in [0.05, 0.1) is 13.0 Å². The van der Waals surface area contributed by atoms with Gasteiger partial charge in [-0.3, -0.25) is 9.59 Å². The van der Waals surface area contributed by atoms with Crippen molar-refractivity contribution >= 4 is 11.9 Å². The average molecular weight is 247 g/mol. The molecule has 96 valence electrons. The van der Waals surface area contributed by atoms with Gasteiger partial charge in [0.25, 0.3) is 0 Å². The number of methoxy groups -OCH3 is 1. The standard InChI is InChI=1S/C14H17NO3/c1-15-9-12(14(17)18-2)11(8-13(15)16)10-6-4-3-5-7-10/h3-7,11-12H,8-9H2,1-2H3. The molecule has 1 aromatic carbocycles. The summed E-state index contributed by atoms with van der Waals surface area (Å²) in [6.45, 7) is 0.422. The quantitative estimate of drug-likeness (QED) is 0.743. The zero-order valence-corrected chi connectivity index (χ0v) is 10.6. The molecule has 0 N–H and O–H groups in total. The van der Waals surface area contributed by atoms with E-state index in [1.54, 1.807) is 11.9 Å². The van der Waals surface area contributed by atoms with Crippen LogP contribution in [0.25, 0.3) is 0 Å². The molecule has 1 heterocycles. The SMILES string of the molecule is COC(=O)C1CN(C)C(=O)CC1c1ccccc1. The van der Waals surface area contributed by atoms with Crippen molar-refractivity contribution in [3.8, 4) is 0 Å². The number of hydrogen-bond acceptors (Lipinski definition) is 3. The number of hydrogen-bond donors (Lipinski definition) is 0. The fourth-order valence-electron chi connectivity index (χ4n) is 2.45. The van der Waals surface area contributed by atoms with Crippen LogP contribution < -0.4 is 0 Å². The van der Waals surface area contributed by atoms with Crippen molar-refractivity contribution in [2.45, 2.75) is 12.3 Å². The summed E-state index contributed by atoms with van der Waals surface area (Å²) < 4.78 is 4.85. The summed E-state index contributed by atoms with van der Waals surface area (Å²) in [6.07, 6.45) is 0.361. The summed E-state index contributed by atoms with van der Waals surface area (Å²) in [4.78, 5) is 25.2. The number of rotatable bonds is 2. The van der Waals surface area contributed by atoms with Gasteiger partial charge in [-0.2, -0.15) is 0 Å². The normalized spacial score (nSPS) is 23.9. The van der Waals surface area contributed by atoms with E-state index in [4.69, 9.17) is 4.74 Å². The molecule has 0 bridgehead atoms. The molecule has 0 radical (unpaired) electrons. The van der Waals surface area contributed by atoms with E-state index in [0.29, 0.717) is 13.0 Å². The molecule has 1 saturated heterocycles. The van der Waals surface area contributed by atoms with Gasteiger partial charge in [-0.25, -0.2) is 0 Å². The Morgan fingerprint density at radius 2 is 2.00 bits per heavy atom. The van der Waals surface area contributed by atoms with E-state index in [-0.39, 0.29) is 23.7 Å². The Labute approximate surface area is 107 Å². The van der Waals surface area contributed by atoms with Gasteiger partial charge in [0.2, 0.25) is 5.91 Å². The second-order valence-electron chi connectivity index (χ2n) is 4.63. The van der Waals surface area contributed by atoms with E-state index in [0.717, 1.165) is 5.56 Å². The number of benzene rings is 1. The molecule has 1 aliphatic heterocycles. The maximum atomic E-state index is 11.8. The minimum absolute atomic E-state index is 0.0732. The van der Waals surface area contributed by atoms with E-state index in [1.165, 1.54) is 7.11 Å². The topological polar surface area (TPSA) is 46.6 Å². The minimum Gasteiger partial charge on any atom is -0.469 e. The molecule has 0 saturated carbocycles. The highest BCUT2D eigenvalue weighted by molar-refractivity contribution is 5.83. The van der Waals surface area contributed by atoms with Gasteiger partial charge >= 0.3 is 5.97 Å². The van der Waals surface area contributed by atoms with Crippen molar-refractivity contribution in [2.24, 2.45) is 5.92 Å². The van der Waals surface area contributed by atoms with Crippen LogP contribution in [-0.2, 0) is 14.3 Å². The third-order valence-corrected chi connectivity index (χ3v) is 3.51. The highest BCUT2D eigenvalue weighted by atomic mass is 16.5. The lowest BCUT2D eigenvalue weighted by molar-refractivity contribution is -0.150. The second-order valence-corrected chi connectivity index (χ2v) is 4.63. The van der Waals surface area contributed by atoms with Crippen LogP contribution in [0, 0.1) is 5.92 Å². The van der Waals surface area contributed by atoms with Crippen LogP contribution in [0.4, 0.5) is 0 Å². The van der Waals surface area contributed by atoms with E-state index in [1.807, 2.05) is 30.3 Å². The Bertz CT molecular complexity index is 444. The molecule has 1 aliphatic rings. The maximum Gasteiger partial charge on any atom is 0.311 e. The summed E-state index contributed by atoms with van der Waals surface area (Å²) in [5.74, 6) is -0.533. The lowest BCUT2D eigenvalue weighted by Crippen LogP contribution is -2.44.